The van der Waals surface area contributed by atoms with Crippen LogP contribution in [-0.4, -0.2) is 59.5 Å². The van der Waals surface area contributed by atoms with Crippen LogP contribution in [0.2, 0.25) is 0 Å². The third-order valence-corrected chi connectivity index (χ3v) is 5.42. The lowest BCUT2D eigenvalue weighted by Crippen LogP contribution is -2.37. The molecule has 30 heavy (non-hydrogen) atoms. The zero-order valence-corrected chi connectivity index (χ0v) is 17.0. The van der Waals surface area contributed by atoms with Gasteiger partial charge in [-0.15, -0.1) is 0 Å². The number of para-hydroxylation sites is 1. The van der Waals surface area contributed by atoms with Crippen LogP contribution < -0.4 is 4.74 Å². The summed E-state index contributed by atoms with van der Waals surface area (Å²) in [6.07, 6.45) is 4.69. The number of aromatic nitrogens is 1. The van der Waals surface area contributed by atoms with Crippen LogP contribution in [0.3, 0.4) is 0 Å². The first-order chi connectivity index (χ1) is 14.7. The molecule has 6 heteroatoms. The molecule has 0 aliphatic carbocycles. The van der Waals surface area contributed by atoms with Crippen LogP contribution >= 0.6 is 0 Å². The monoisotopic (exact) mass is 403 g/mol. The van der Waals surface area contributed by atoms with E-state index in [0.29, 0.717) is 43.1 Å². The molecule has 1 aliphatic heterocycles. The van der Waals surface area contributed by atoms with Crippen LogP contribution in [0.4, 0.5) is 0 Å². The fourth-order valence-electron chi connectivity index (χ4n) is 3.78. The lowest BCUT2D eigenvalue weighted by Gasteiger charge is -2.23. The van der Waals surface area contributed by atoms with Gasteiger partial charge in [-0.2, -0.15) is 0 Å². The molecule has 2 heterocycles. The van der Waals surface area contributed by atoms with E-state index in [1.165, 1.54) is 0 Å². The molecule has 0 spiro atoms. The van der Waals surface area contributed by atoms with E-state index in [2.05, 4.69) is 0 Å². The normalized spacial score (nSPS) is 14.3. The number of rotatable bonds is 4. The van der Waals surface area contributed by atoms with E-state index in [9.17, 15) is 9.59 Å². The van der Waals surface area contributed by atoms with Crippen molar-refractivity contribution >= 4 is 11.8 Å². The second-order valence-corrected chi connectivity index (χ2v) is 7.28. The summed E-state index contributed by atoms with van der Waals surface area (Å²) in [4.78, 5) is 29.6. The van der Waals surface area contributed by atoms with Gasteiger partial charge in [-0.3, -0.25) is 9.59 Å². The standard InChI is InChI=1S/C24H25N3O3/c1-30-22-8-3-2-7-21(22)24(29)27-16-6-15-26(17-18-27)23(28)19-9-11-20(12-10-19)25-13-4-5-14-25/h2-5,7-14H,6,15-18H2,1H3. The van der Waals surface area contributed by atoms with E-state index in [4.69, 9.17) is 4.74 Å². The molecule has 3 aromatic rings. The van der Waals surface area contributed by atoms with Gasteiger partial charge in [0.1, 0.15) is 5.75 Å². The van der Waals surface area contributed by atoms with Gasteiger partial charge in [-0.25, -0.2) is 0 Å². The number of amides is 2. The van der Waals surface area contributed by atoms with Gasteiger partial charge < -0.3 is 19.1 Å². The van der Waals surface area contributed by atoms with Crippen molar-refractivity contribution in [2.24, 2.45) is 0 Å². The number of carbonyl (C=O) groups is 2. The van der Waals surface area contributed by atoms with Crippen molar-refractivity contribution < 1.29 is 14.3 Å². The van der Waals surface area contributed by atoms with E-state index in [1.807, 2.05) is 70.4 Å². The highest BCUT2D eigenvalue weighted by molar-refractivity contribution is 5.97. The molecular formula is C24H25N3O3. The molecule has 1 fully saturated rings. The van der Waals surface area contributed by atoms with Gasteiger partial charge >= 0.3 is 0 Å². The summed E-state index contributed by atoms with van der Waals surface area (Å²) in [6, 6.07) is 18.8. The highest BCUT2D eigenvalue weighted by atomic mass is 16.5. The molecule has 0 bridgehead atoms. The number of methoxy groups -OCH3 is 1. The molecule has 0 saturated carbocycles. The van der Waals surface area contributed by atoms with Crippen LogP contribution in [-0.2, 0) is 0 Å². The smallest absolute Gasteiger partial charge is 0.257 e. The summed E-state index contributed by atoms with van der Waals surface area (Å²) in [5, 5.41) is 0. The third-order valence-electron chi connectivity index (χ3n) is 5.42. The largest absolute Gasteiger partial charge is 0.496 e. The van der Waals surface area contributed by atoms with Gasteiger partial charge in [-0.1, -0.05) is 12.1 Å². The van der Waals surface area contributed by atoms with E-state index >= 15 is 0 Å². The fraction of sp³-hybridized carbons (Fsp3) is 0.250. The summed E-state index contributed by atoms with van der Waals surface area (Å²) in [7, 11) is 1.57. The summed E-state index contributed by atoms with van der Waals surface area (Å²) in [5.74, 6) is 0.515. The van der Waals surface area contributed by atoms with Gasteiger partial charge in [0.25, 0.3) is 11.8 Å². The highest BCUT2D eigenvalue weighted by Crippen LogP contribution is 2.20. The van der Waals surface area contributed by atoms with Crippen LogP contribution in [0.25, 0.3) is 5.69 Å². The van der Waals surface area contributed by atoms with Crippen molar-refractivity contribution in [1.29, 1.82) is 0 Å². The van der Waals surface area contributed by atoms with Crippen molar-refractivity contribution in [2.45, 2.75) is 6.42 Å². The molecule has 0 radical (unpaired) electrons. The van der Waals surface area contributed by atoms with Crippen LogP contribution in [0.1, 0.15) is 27.1 Å². The quantitative estimate of drug-likeness (QED) is 0.670. The van der Waals surface area contributed by atoms with Crippen molar-refractivity contribution in [3.8, 4) is 11.4 Å². The number of hydrogen-bond acceptors (Lipinski definition) is 3. The van der Waals surface area contributed by atoms with Gasteiger partial charge in [0.2, 0.25) is 0 Å². The molecular weight excluding hydrogens is 378 g/mol. The highest BCUT2D eigenvalue weighted by Gasteiger charge is 2.25. The van der Waals surface area contributed by atoms with Crippen molar-refractivity contribution in [1.82, 2.24) is 14.4 Å². The summed E-state index contributed by atoms with van der Waals surface area (Å²) < 4.78 is 7.33. The predicted molar refractivity (Wildman–Crippen MR) is 115 cm³/mol. The maximum Gasteiger partial charge on any atom is 0.257 e. The Morgan fingerprint density at radius 2 is 1.40 bits per heavy atom. The molecule has 1 aromatic heterocycles. The molecule has 1 saturated heterocycles. The number of ether oxygens (including phenoxy) is 1. The average molecular weight is 403 g/mol. The molecule has 154 valence electrons. The van der Waals surface area contributed by atoms with Crippen LogP contribution in [0, 0.1) is 0 Å². The number of benzene rings is 2. The summed E-state index contributed by atoms with van der Waals surface area (Å²) in [6.45, 7) is 2.27. The lowest BCUT2D eigenvalue weighted by atomic mass is 10.1. The Morgan fingerprint density at radius 1 is 0.767 bits per heavy atom. The number of nitrogens with zero attached hydrogens (tertiary/aromatic N) is 3. The van der Waals surface area contributed by atoms with Crippen molar-refractivity contribution in [3.05, 3.63) is 84.2 Å². The van der Waals surface area contributed by atoms with Gasteiger partial charge in [0, 0.05) is 49.8 Å². The zero-order valence-electron chi connectivity index (χ0n) is 17.0. The Kier molecular flexibility index (Phi) is 5.84. The maximum atomic E-state index is 13.0. The Bertz CT molecular complexity index is 1010. The van der Waals surface area contributed by atoms with Crippen LogP contribution in [0.5, 0.6) is 5.75 Å². The SMILES string of the molecule is COc1ccccc1C(=O)N1CCCN(C(=O)c2ccc(-n3cccc3)cc2)CC1. The minimum atomic E-state index is -0.0576. The summed E-state index contributed by atoms with van der Waals surface area (Å²) >= 11 is 0. The van der Waals surface area contributed by atoms with E-state index in [1.54, 1.807) is 24.1 Å². The second kappa shape index (κ2) is 8.86. The first-order valence-corrected chi connectivity index (χ1v) is 10.1. The average Bonchev–Trinajstić information content (AvgIpc) is 3.23. The third kappa shape index (κ3) is 4.08. The first-order valence-electron chi connectivity index (χ1n) is 10.1. The minimum absolute atomic E-state index is 0.000599. The first kappa shape index (κ1) is 19.8. The Labute approximate surface area is 176 Å². The fourth-order valence-corrected chi connectivity index (χ4v) is 3.78. The zero-order chi connectivity index (χ0) is 20.9. The molecule has 2 amide bonds. The topological polar surface area (TPSA) is 54.8 Å². The molecule has 6 nitrogen and oxygen atoms in total. The molecule has 4 rings (SSSR count). The molecule has 2 aromatic carbocycles. The lowest BCUT2D eigenvalue weighted by molar-refractivity contribution is 0.0717. The molecule has 0 unspecified atom stereocenters. The maximum absolute atomic E-state index is 13.0. The van der Waals surface area contributed by atoms with Gasteiger partial charge in [0.15, 0.2) is 0 Å². The van der Waals surface area contributed by atoms with E-state index < -0.39 is 0 Å². The predicted octanol–water partition coefficient (Wildman–Crippen LogP) is 3.47. The Hall–Kier alpha value is -3.54. The van der Waals surface area contributed by atoms with E-state index in [-0.39, 0.29) is 11.8 Å². The van der Waals surface area contributed by atoms with Crippen LogP contribution in [0.15, 0.2) is 73.1 Å². The Balaban J connectivity index is 1.42. The molecule has 1 aliphatic rings. The number of hydrogen-bond donors (Lipinski definition) is 0. The van der Waals surface area contributed by atoms with Crippen molar-refractivity contribution in [3.63, 3.8) is 0 Å². The number of carbonyl (C=O) groups excluding carboxylic acids is 2. The Morgan fingerprint density at radius 3 is 2.07 bits per heavy atom. The van der Waals surface area contributed by atoms with E-state index in [0.717, 1.165) is 12.1 Å². The van der Waals surface area contributed by atoms with Gasteiger partial charge in [-0.05, 0) is 55.0 Å². The molecule has 0 N–H and O–H groups in total. The minimum Gasteiger partial charge on any atom is -0.496 e. The van der Waals surface area contributed by atoms with Crippen molar-refractivity contribution in [2.75, 3.05) is 33.3 Å². The summed E-state index contributed by atoms with van der Waals surface area (Å²) in [5.41, 5.74) is 2.23. The van der Waals surface area contributed by atoms with Gasteiger partial charge in [0.05, 0.1) is 12.7 Å². The second-order valence-electron chi connectivity index (χ2n) is 7.28. The molecule has 0 atom stereocenters.